The molecule has 0 unspecified atom stereocenters. The van der Waals surface area contributed by atoms with Crippen molar-refractivity contribution in [2.45, 2.75) is 19.8 Å². The summed E-state index contributed by atoms with van der Waals surface area (Å²) in [6, 6.07) is 6.82. The van der Waals surface area contributed by atoms with Gasteiger partial charge in [-0.2, -0.15) is 0 Å². The fourth-order valence-corrected chi connectivity index (χ4v) is 1.62. The van der Waals surface area contributed by atoms with Crippen molar-refractivity contribution < 1.29 is 9.84 Å². The predicted octanol–water partition coefficient (Wildman–Crippen LogP) is 1.64. The third-order valence-corrected chi connectivity index (χ3v) is 2.82. The number of phenolic OH excluding ortho intramolecular Hbond substituents is 1. The number of para-hydroxylation sites is 1. The Morgan fingerprint density at radius 2 is 1.95 bits per heavy atom. The molecule has 7 N–H and O–H groups in total. The molecule has 0 bridgehead atoms. The van der Waals surface area contributed by atoms with Crippen molar-refractivity contribution in [1.29, 1.82) is 0 Å². The van der Waals surface area contributed by atoms with E-state index in [0.29, 0.717) is 30.0 Å². The van der Waals surface area contributed by atoms with Crippen LogP contribution in [0.25, 0.3) is 5.70 Å². The first-order valence-corrected chi connectivity index (χ1v) is 6.63. The second-order valence-electron chi connectivity index (χ2n) is 4.50. The molecule has 5 nitrogen and oxygen atoms in total. The zero-order chi connectivity index (χ0) is 15.0. The molecule has 20 heavy (non-hydrogen) atoms. The van der Waals surface area contributed by atoms with E-state index < -0.39 is 0 Å². The molecule has 1 rings (SSSR count). The largest absolute Gasteiger partial charge is 0.507 e. The number of hydrogen-bond donors (Lipinski definition) is 4. The molecule has 0 aliphatic heterocycles. The van der Waals surface area contributed by atoms with E-state index in [1.807, 2.05) is 0 Å². The van der Waals surface area contributed by atoms with Gasteiger partial charge in [-0.25, -0.2) is 0 Å². The van der Waals surface area contributed by atoms with Gasteiger partial charge in [-0.15, -0.1) is 0 Å². The normalized spacial score (nSPS) is 11.3. The van der Waals surface area contributed by atoms with Crippen molar-refractivity contribution in [1.82, 2.24) is 0 Å². The summed E-state index contributed by atoms with van der Waals surface area (Å²) >= 11 is 0. The van der Waals surface area contributed by atoms with Crippen LogP contribution in [0.2, 0.25) is 0 Å². The molecule has 0 aromatic heterocycles. The highest BCUT2D eigenvalue weighted by atomic mass is 16.5. The first-order chi connectivity index (χ1) is 9.56. The van der Waals surface area contributed by atoms with Gasteiger partial charge in [0.05, 0.1) is 12.4 Å². The Balaban J connectivity index is 2.82. The molecule has 1 aromatic rings. The molecule has 0 heterocycles. The van der Waals surface area contributed by atoms with E-state index in [9.17, 15) is 5.11 Å². The van der Waals surface area contributed by atoms with Gasteiger partial charge in [-0.05, 0) is 24.6 Å². The number of benzene rings is 1. The maximum Gasteiger partial charge on any atom is 0.124 e. The van der Waals surface area contributed by atoms with Gasteiger partial charge in [0, 0.05) is 23.4 Å². The lowest BCUT2D eigenvalue weighted by atomic mass is 10.1. The van der Waals surface area contributed by atoms with Crippen LogP contribution in [-0.2, 0) is 4.74 Å². The van der Waals surface area contributed by atoms with Crippen LogP contribution in [0, 0.1) is 0 Å². The lowest BCUT2D eigenvalue weighted by Crippen LogP contribution is -2.15. The molecule has 0 radical (unpaired) electrons. The van der Waals surface area contributed by atoms with Gasteiger partial charge in [0.15, 0.2) is 0 Å². The van der Waals surface area contributed by atoms with Crippen LogP contribution in [0.1, 0.15) is 25.3 Å². The summed E-state index contributed by atoms with van der Waals surface area (Å²) in [4.78, 5) is 0. The molecule has 0 atom stereocenters. The van der Waals surface area contributed by atoms with Gasteiger partial charge >= 0.3 is 0 Å². The SMILES string of the molecule is CCCCOCC(/C=C(\N)c1ccccc1O)=C(N)N. The summed E-state index contributed by atoms with van der Waals surface area (Å²) in [6.07, 6.45) is 3.68. The van der Waals surface area contributed by atoms with Crippen LogP contribution in [-0.4, -0.2) is 18.3 Å². The van der Waals surface area contributed by atoms with Crippen molar-refractivity contribution in [3.05, 3.63) is 47.3 Å². The first-order valence-electron chi connectivity index (χ1n) is 6.63. The van der Waals surface area contributed by atoms with Gasteiger partial charge in [0.1, 0.15) is 5.75 Å². The Kier molecular flexibility index (Phi) is 6.46. The zero-order valence-corrected chi connectivity index (χ0v) is 11.8. The molecular weight excluding hydrogens is 254 g/mol. The smallest absolute Gasteiger partial charge is 0.124 e. The molecule has 0 aliphatic rings. The lowest BCUT2D eigenvalue weighted by molar-refractivity contribution is 0.154. The standard InChI is InChI=1S/C15H23N3O2/c1-2-3-8-20-10-11(15(17)18)9-13(16)12-6-4-5-7-14(12)19/h4-7,9,19H,2-3,8,10,16-18H2,1H3/b13-9-. The highest BCUT2D eigenvalue weighted by Gasteiger charge is 2.05. The summed E-state index contributed by atoms with van der Waals surface area (Å²) in [7, 11) is 0. The minimum atomic E-state index is 0.114. The maximum atomic E-state index is 9.75. The number of aromatic hydroxyl groups is 1. The number of nitrogens with two attached hydrogens (primary N) is 3. The van der Waals surface area contributed by atoms with Crippen LogP contribution < -0.4 is 17.2 Å². The Morgan fingerprint density at radius 1 is 1.25 bits per heavy atom. The van der Waals surface area contributed by atoms with E-state index in [1.165, 1.54) is 0 Å². The zero-order valence-electron chi connectivity index (χ0n) is 11.8. The van der Waals surface area contributed by atoms with Crippen LogP contribution >= 0.6 is 0 Å². The fraction of sp³-hybridized carbons (Fsp3) is 0.333. The van der Waals surface area contributed by atoms with Crippen molar-refractivity contribution in [3.8, 4) is 5.75 Å². The van der Waals surface area contributed by atoms with Gasteiger partial charge in [0.2, 0.25) is 0 Å². The third-order valence-electron chi connectivity index (χ3n) is 2.82. The van der Waals surface area contributed by atoms with E-state index in [0.717, 1.165) is 12.8 Å². The van der Waals surface area contributed by atoms with Gasteiger partial charge in [-0.1, -0.05) is 25.5 Å². The van der Waals surface area contributed by atoms with E-state index in [1.54, 1.807) is 30.3 Å². The molecule has 110 valence electrons. The molecule has 1 aromatic carbocycles. The summed E-state index contributed by atoms with van der Waals surface area (Å²) in [5, 5.41) is 9.75. The van der Waals surface area contributed by atoms with Crippen molar-refractivity contribution in [2.24, 2.45) is 17.2 Å². The topological polar surface area (TPSA) is 108 Å². The predicted molar refractivity (Wildman–Crippen MR) is 81.4 cm³/mol. The number of rotatable bonds is 7. The molecule has 0 saturated carbocycles. The fourth-order valence-electron chi connectivity index (χ4n) is 1.62. The van der Waals surface area contributed by atoms with Gasteiger partial charge in [-0.3, -0.25) is 0 Å². The average molecular weight is 277 g/mol. The number of unbranched alkanes of at least 4 members (excludes halogenated alkanes) is 1. The van der Waals surface area contributed by atoms with Crippen LogP contribution in [0.5, 0.6) is 5.75 Å². The van der Waals surface area contributed by atoms with Gasteiger partial charge < -0.3 is 27.0 Å². The van der Waals surface area contributed by atoms with Crippen molar-refractivity contribution in [2.75, 3.05) is 13.2 Å². The van der Waals surface area contributed by atoms with E-state index in [-0.39, 0.29) is 11.6 Å². The van der Waals surface area contributed by atoms with Crippen molar-refractivity contribution in [3.63, 3.8) is 0 Å². The van der Waals surface area contributed by atoms with E-state index >= 15 is 0 Å². The molecular formula is C15H23N3O2. The molecule has 0 amide bonds. The molecule has 0 spiro atoms. The number of hydrogen-bond acceptors (Lipinski definition) is 5. The van der Waals surface area contributed by atoms with Crippen molar-refractivity contribution >= 4 is 5.70 Å². The van der Waals surface area contributed by atoms with Crippen LogP contribution in [0.15, 0.2) is 41.7 Å². The van der Waals surface area contributed by atoms with E-state index in [2.05, 4.69) is 6.92 Å². The van der Waals surface area contributed by atoms with E-state index in [4.69, 9.17) is 21.9 Å². The van der Waals surface area contributed by atoms with Gasteiger partial charge in [0.25, 0.3) is 0 Å². The minimum absolute atomic E-state index is 0.114. The lowest BCUT2D eigenvalue weighted by Gasteiger charge is -2.09. The Hall–Kier alpha value is -2.14. The maximum absolute atomic E-state index is 9.75. The number of phenols is 1. The molecule has 0 fully saturated rings. The second kappa shape index (κ2) is 8.12. The summed E-state index contributed by atoms with van der Waals surface area (Å²) in [6.45, 7) is 3.04. The monoisotopic (exact) mass is 277 g/mol. The summed E-state index contributed by atoms with van der Waals surface area (Å²) in [5.41, 5.74) is 18.8. The second-order valence-corrected chi connectivity index (χ2v) is 4.50. The van der Waals surface area contributed by atoms with Crippen LogP contribution in [0.4, 0.5) is 0 Å². The third kappa shape index (κ3) is 4.85. The first kappa shape index (κ1) is 15.9. The molecule has 0 saturated heterocycles. The molecule has 0 aliphatic carbocycles. The highest BCUT2D eigenvalue weighted by Crippen LogP contribution is 2.22. The minimum Gasteiger partial charge on any atom is -0.507 e. The van der Waals surface area contributed by atoms with Crippen LogP contribution in [0.3, 0.4) is 0 Å². The summed E-state index contributed by atoms with van der Waals surface area (Å²) in [5.74, 6) is 0.281. The number of ether oxygens (including phenoxy) is 1. The summed E-state index contributed by atoms with van der Waals surface area (Å²) < 4.78 is 5.48. The highest BCUT2D eigenvalue weighted by molar-refractivity contribution is 5.70. The average Bonchev–Trinajstić information content (AvgIpc) is 2.42. The Morgan fingerprint density at radius 3 is 2.55 bits per heavy atom. The Labute approximate surface area is 119 Å². The molecule has 5 heteroatoms. The Bertz CT molecular complexity index is 492. The quantitative estimate of drug-likeness (QED) is 0.447.